The van der Waals surface area contributed by atoms with Gasteiger partial charge in [-0.1, -0.05) is 12.1 Å². The summed E-state index contributed by atoms with van der Waals surface area (Å²) in [5.74, 6) is 1.32. The molecule has 0 aliphatic carbocycles. The lowest BCUT2D eigenvalue weighted by atomic mass is 9.95. The van der Waals surface area contributed by atoms with Gasteiger partial charge in [0.25, 0.3) is 0 Å². The fourth-order valence-corrected chi connectivity index (χ4v) is 1.89. The first-order chi connectivity index (χ1) is 8.05. The number of nitrogens with zero attached hydrogens (tertiary/aromatic N) is 2. The molecule has 0 bridgehead atoms. The summed E-state index contributed by atoms with van der Waals surface area (Å²) in [4.78, 5) is 4.19. The largest absolute Gasteiger partial charge is 0.497 e. The van der Waals surface area contributed by atoms with Crippen molar-refractivity contribution in [3.8, 4) is 5.75 Å². The number of methoxy groups -OCH3 is 1. The molecule has 4 nitrogen and oxygen atoms in total. The molecule has 0 saturated heterocycles. The second-order valence-corrected chi connectivity index (χ2v) is 4.17. The summed E-state index contributed by atoms with van der Waals surface area (Å²) in [6.07, 6.45) is 3.48. The van der Waals surface area contributed by atoms with Crippen LogP contribution in [0.1, 0.15) is 18.3 Å². The van der Waals surface area contributed by atoms with Gasteiger partial charge in [-0.15, -0.1) is 0 Å². The maximum atomic E-state index is 10.6. The average molecular weight is 232 g/mol. The Kier molecular flexibility index (Phi) is 2.90. The predicted octanol–water partition coefficient (Wildman–Crippen LogP) is 1.68. The number of ether oxygens (including phenoxy) is 1. The molecule has 1 unspecified atom stereocenters. The summed E-state index contributed by atoms with van der Waals surface area (Å²) >= 11 is 0. The molecule has 0 saturated carbocycles. The van der Waals surface area contributed by atoms with Crippen LogP contribution in [-0.2, 0) is 12.6 Å². The van der Waals surface area contributed by atoms with Crippen molar-refractivity contribution in [1.82, 2.24) is 9.55 Å². The van der Waals surface area contributed by atoms with Crippen LogP contribution in [0.4, 0.5) is 0 Å². The van der Waals surface area contributed by atoms with Crippen molar-refractivity contribution in [1.29, 1.82) is 0 Å². The van der Waals surface area contributed by atoms with E-state index in [4.69, 9.17) is 4.74 Å². The van der Waals surface area contributed by atoms with E-state index < -0.39 is 5.60 Å². The zero-order valence-corrected chi connectivity index (χ0v) is 10.2. The van der Waals surface area contributed by atoms with Crippen molar-refractivity contribution < 1.29 is 9.84 Å². The standard InChI is InChI=1S/C13H16N2O2/c1-13(16,12-14-7-8-15(12)2)10-5-4-6-11(9-10)17-3/h4-9,16H,1-3H3. The van der Waals surface area contributed by atoms with Gasteiger partial charge in [-0.25, -0.2) is 4.98 Å². The smallest absolute Gasteiger partial charge is 0.144 e. The van der Waals surface area contributed by atoms with Crippen molar-refractivity contribution >= 4 is 0 Å². The lowest BCUT2D eigenvalue weighted by Gasteiger charge is -2.23. The Morgan fingerprint density at radius 3 is 2.76 bits per heavy atom. The van der Waals surface area contributed by atoms with E-state index in [-0.39, 0.29) is 0 Å². The van der Waals surface area contributed by atoms with E-state index in [1.807, 2.05) is 37.5 Å². The third-order valence-electron chi connectivity index (χ3n) is 2.89. The van der Waals surface area contributed by atoms with E-state index in [1.54, 1.807) is 24.8 Å². The number of imidazole rings is 1. The number of aromatic nitrogens is 2. The zero-order valence-electron chi connectivity index (χ0n) is 10.2. The van der Waals surface area contributed by atoms with Crippen LogP contribution in [0.2, 0.25) is 0 Å². The monoisotopic (exact) mass is 232 g/mol. The molecular weight excluding hydrogens is 216 g/mol. The topological polar surface area (TPSA) is 47.3 Å². The van der Waals surface area contributed by atoms with Gasteiger partial charge in [0.1, 0.15) is 17.2 Å². The molecule has 2 rings (SSSR count). The van der Waals surface area contributed by atoms with Gasteiger partial charge in [0, 0.05) is 19.4 Å². The van der Waals surface area contributed by atoms with Gasteiger partial charge in [-0.2, -0.15) is 0 Å². The van der Waals surface area contributed by atoms with Crippen LogP contribution >= 0.6 is 0 Å². The second-order valence-electron chi connectivity index (χ2n) is 4.17. The first-order valence-electron chi connectivity index (χ1n) is 5.40. The maximum Gasteiger partial charge on any atom is 0.144 e. The van der Waals surface area contributed by atoms with Crippen molar-refractivity contribution in [3.63, 3.8) is 0 Å². The minimum Gasteiger partial charge on any atom is -0.497 e. The molecule has 1 aromatic heterocycles. The number of hydrogen-bond acceptors (Lipinski definition) is 3. The summed E-state index contributed by atoms with van der Waals surface area (Å²) in [6.45, 7) is 1.73. The first kappa shape index (κ1) is 11.7. The predicted molar refractivity (Wildman–Crippen MR) is 64.9 cm³/mol. The number of rotatable bonds is 3. The van der Waals surface area contributed by atoms with Gasteiger partial charge < -0.3 is 14.4 Å². The zero-order chi connectivity index (χ0) is 12.5. The molecule has 1 heterocycles. The van der Waals surface area contributed by atoms with Crippen LogP contribution in [0.25, 0.3) is 0 Å². The molecule has 4 heteroatoms. The molecule has 2 aromatic rings. The Hall–Kier alpha value is -1.81. The Bertz CT molecular complexity index is 518. The second kappa shape index (κ2) is 4.22. The van der Waals surface area contributed by atoms with Gasteiger partial charge in [-0.3, -0.25) is 0 Å². The molecule has 17 heavy (non-hydrogen) atoms. The lowest BCUT2D eigenvalue weighted by Crippen LogP contribution is -2.26. The van der Waals surface area contributed by atoms with Crippen molar-refractivity contribution in [3.05, 3.63) is 48.0 Å². The minimum atomic E-state index is -1.13. The highest BCUT2D eigenvalue weighted by atomic mass is 16.5. The molecule has 0 amide bonds. The number of hydrogen-bond donors (Lipinski definition) is 1. The Labute approximate surface area is 100 Å². The fraction of sp³-hybridized carbons (Fsp3) is 0.308. The van der Waals surface area contributed by atoms with Crippen molar-refractivity contribution in [2.45, 2.75) is 12.5 Å². The van der Waals surface area contributed by atoms with Crippen LogP contribution in [0.5, 0.6) is 5.75 Å². The van der Waals surface area contributed by atoms with Gasteiger partial charge in [0.05, 0.1) is 7.11 Å². The third-order valence-corrected chi connectivity index (χ3v) is 2.89. The molecule has 0 aliphatic rings. The Morgan fingerprint density at radius 1 is 1.41 bits per heavy atom. The molecule has 0 radical (unpaired) electrons. The van der Waals surface area contributed by atoms with Crippen LogP contribution in [0.3, 0.4) is 0 Å². The lowest BCUT2D eigenvalue weighted by molar-refractivity contribution is 0.0889. The normalized spacial score (nSPS) is 14.4. The highest BCUT2D eigenvalue weighted by Crippen LogP contribution is 2.29. The van der Waals surface area contributed by atoms with Crippen LogP contribution in [0, 0.1) is 0 Å². The van der Waals surface area contributed by atoms with Gasteiger partial charge in [0.2, 0.25) is 0 Å². The van der Waals surface area contributed by atoms with E-state index in [2.05, 4.69) is 4.98 Å². The highest BCUT2D eigenvalue weighted by Gasteiger charge is 2.29. The average Bonchev–Trinajstić information content (AvgIpc) is 2.76. The van der Waals surface area contributed by atoms with Gasteiger partial charge in [0.15, 0.2) is 0 Å². The summed E-state index contributed by atoms with van der Waals surface area (Å²) in [5, 5.41) is 10.6. The van der Waals surface area contributed by atoms with Crippen LogP contribution in [0.15, 0.2) is 36.7 Å². The summed E-state index contributed by atoms with van der Waals surface area (Å²) in [7, 11) is 3.46. The molecular formula is C13H16N2O2. The molecule has 1 atom stereocenters. The van der Waals surface area contributed by atoms with E-state index in [9.17, 15) is 5.11 Å². The van der Waals surface area contributed by atoms with E-state index in [1.165, 1.54) is 0 Å². The van der Waals surface area contributed by atoms with Gasteiger partial charge in [-0.05, 0) is 24.6 Å². The van der Waals surface area contributed by atoms with Gasteiger partial charge >= 0.3 is 0 Å². The van der Waals surface area contributed by atoms with Crippen LogP contribution in [-0.4, -0.2) is 21.8 Å². The van der Waals surface area contributed by atoms with Crippen molar-refractivity contribution in [2.24, 2.45) is 7.05 Å². The SMILES string of the molecule is COc1cccc(C(C)(O)c2nccn2C)c1. The van der Waals surface area contributed by atoms with E-state index >= 15 is 0 Å². The van der Waals surface area contributed by atoms with Crippen LogP contribution < -0.4 is 4.74 Å². The molecule has 0 aliphatic heterocycles. The Morgan fingerprint density at radius 2 is 2.18 bits per heavy atom. The minimum absolute atomic E-state index is 0.603. The van der Waals surface area contributed by atoms with Crippen molar-refractivity contribution in [2.75, 3.05) is 7.11 Å². The molecule has 90 valence electrons. The molecule has 1 aromatic carbocycles. The third kappa shape index (κ3) is 2.03. The maximum absolute atomic E-state index is 10.6. The van der Waals surface area contributed by atoms with E-state index in [0.29, 0.717) is 5.82 Å². The highest BCUT2D eigenvalue weighted by molar-refractivity contribution is 5.35. The number of aryl methyl sites for hydroxylation is 1. The first-order valence-corrected chi connectivity index (χ1v) is 5.40. The fourth-order valence-electron chi connectivity index (χ4n) is 1.89. The number of aliphatic hydroxyl groups is 1. The summed E-state index contributed by atoms with van der Waals surface area (Å²) < 4.78 is 6.96. The molecule has 0 spiro atoms. The number of benzene rings is 1. The Balaban J connectivity index is 2.47. The summed E-state index contributed by atoms with van der Waals surface area (Å²) in [5.41, 5.74) is -0.376. The summed E-state index contributed by atoms with van der Waals surface area (Å²) in [6, 6.07) is 7.37. The molecule has 0 fully saturated rings. The molecule has 1 N–H and O–H groups in total. The quantitative estimate of drug-likeness (QED) is 0.876. The van der Waals surface area contributed by atoms with E-state index in [0.717, 1.165) is 11.3 Å².